The first-order valence-electron chi connectivity index (χ1n) is 6.79. The van der Waals surface area contributed by atoms with Gasteiger partial charge in [0.1, 0.15) is 21.8 Å². The molecule has 6 nitrogen and oxygen atoms in total. The summed E-state index contributed by atoms with van der Waals surface area (Å²) in [5.74, 6) is 2.39. The highest BCUT2D eigenvalue weighted by Crippen LogP contribution is 2.39. The number of furan rings is 1. The van der Waals surface area contributed by atoms with Crippen molar-refractivity contribution in [1.82, 2.24) is 20.2 Å². The van der Waals surface area contributed by atoms with Crippen molar-refractivity contribution in [3.05, 3.63) is 35.1 Å². The van der Waals surface area contributed by atoms with E-state index in [0.29, 0.717) is 27.2 Å². The van der Waals surface area contributed by atoms with Gasteiger partial charge >= 0.3 is 0 Å². The van der Waals surface area contributed by atoms with Gasteiger partial charge in [-0.1, -0.05) is 11.6 Å². The second kappa shape index (κ2) is 5.40. The molecular formula is C14H11ClN4O2S. The molecule has 0 spiro atoms. The Morgan fingerprint density at radius 2 is 2.14 bits per heavy atom. The molecule has 0 atom stereocenters. The van der Waals surface area contributed by atoms with Crippen LogP contribution in [0.4, 0.5) is 0 Å². The summed E-state index contributed by atoms with van der Waals surface area (Å²) in [5, 5.41) is 9.62. The van der Waals surface area contributed by atoms with E-state index in [1.54, 1.807) is 18.4 Å². The van der Waals surface area contributed by atoms with Gasteiger partial charge in [-0.3, -0.25) is 0 Å². The van der Waals surface area contributed by atoms with Gasteiger partial charge in [-0.25, -0.2) is 9.97 Å². The number of nitrogens with zero attached hydrogens (tertiary/aromatic N) is 4. The van der Waals surface area contributed by atoms with Crippen LogP contribution in [0.5, 0.6) is 0 Å². The van der Waals surface area contributed by atoms with Gasteiger partial charge in [0.05, 0.1) is 11.8 Å². The first-order valence-corrected chi connectivity index (χ1v) is 7.99. The summed E-state index contributed by atoms with van der Waals surface area (Å²) in [5.41, 5.74) is 0.790. The van der Waals surface area contributed by atoms with Gasteiger partial charge in [0, 0.05) is 12.0 Å². The van der Waals surface area contributed by atoms with Crippen molar-refractivity contribution in [2.75, 3.05) is 0 Å². The molecule has 3 aromatic heterocycles. The summed E-state index contributed by atoms with van der Waals surface area (Å²) in [6, 6.07) is 3.50. The van der Waals surface area contributed by atoms with Crippen LogP contribution in [0.25, 0.3) is 11.5 Å². The van der Waals surface area contributed by atoms with E-state index < -0.39 is 0 Å². The van der Waals surface area contributed by atoms with Gasteiger partial charge in [0.25, 0.3) is 11.1 Å². The van der Waals surface area contributed by atoms with Crippen LogP contribution in [-0.2, 0) is 0 Å². The molecule has 0 saturated heterocycles. The average molecular weight is 335 g/mol. The smallest absolute Gasteiger partial charge is 0.283 e. The molecule has 1 aliphatic carbocycles. The maximum atomic E-state index is 6.05. The Morgan fingerprint density at radius 3 is 2.86 bits per heavy atom. The van der Waals surface area contributed by atoms with Crippen molar-refractivity contribution in [2.24, 2.45) is 0 Å². The molecule has 0 bridgehead atoms. The van der Waals surface area contributed by atoms with Crippen LogP contribution in [0.3, 0.4) is 0 Å². The number of aromatic nitrogens is 4. The van der Waals surface area contributed by atoms with Gasteiger partial charge in [0.2, 0.25) is 0 Å². The lowest BCUT2D eigenvalue weighted by atomic mass is 10.3. The maximum absolute atomic E-state index is 6.05. The molecule has 112 valence electrons. The summed E-state index contributed by atoms with van der Waals surface area (Å²) in [6.07, 6.45) is 3.83. The van der Waals surface area contributed by atoms with E-state index in [1.165, 1.54) is 11.8 Å². The lowest BCUT2D eigenvalue weighted by molar-refractivity contribution is 0.463. The standard InChI is InChI=1S/C14H11ClN4O2S/c1-7-9(4-5-20-7)13-18-19-14(21-13)22-11-6-10(15)16-12(17-11)8-2-3-8/h4-6,8H,2-3H2,1H3. The molecule has 3 heterocycles. The molecule has 1 saturated carbocycles. The van der Waals surface area contributed by atoms with Gasteiger partial charge in [-0.2, -0.15) is 0 Å². The highest BCUT2D eigenvalue weighted by molar-refractivity contribution is 7.99. The van der Waals surface area contributed by atoms with Crippen LogP contribution in [0.2, 0.25) is 5.15 Å². The zero-order valence-electron chi connectivity index (χ0n) is 11.6. The van der Waals surface area contributed by atoms with Crippen molar-refractivity contribution in [2.45, 2.75) is 35.9 Å². The maximum Gasteiger partial charge on any atom is 0.283 e. The van der Waals surface area contributed by atoms with Crippen LogP contribution < -0.4 is 0 Å². The lowest BCUT2D eigenvalue weighted by Gasteiger charge is -2.01. The van der Waals surface area contributed by atoms with E-state index in [-0.39, 0.29) is 0 Å². The lowest BCUT2D eigenvalue weighted by Crippen LogP contribution is -1.94. The van der Waals surface area contributed by atoms with Gasteiger partial charge in [-0.15, -0.1) is 10.2 Å². The van der Waals surface area contributed by atoms with Gasteiger partial charge in [-0.05, 0) is 37.6 Å². The Labute approximate surface area is 135 Å². The van der Waals surface area contributed by atoms with Gasteiger partial charge < -0.3 is 8.83 Å². The zero-order valence-corrected chi connectivity index (χ0v) is 13.2. The summed E-state index contributed by atoms with van der Waals surface area (Å²) in [7, 11) is 0. The third kappa shape index (κ3) is 2.74. The quantitative estimate of drug-likeness (QED) is 0.664. The fraction of sp³-hybridized carbons (Fsp3) is 0.286. The first kappa shape index (κ1) is 13.8. The van der Waals surface area contributed by atoms with Crippen molar-refractivity contribution in [1.29, 1.82) is 0 Å². The van der Waals surface area contributed by atoms with Gasteiger partial charge in [0.15, 0.2) is 0 Å². The second-order valence-corrected chi connectivity index (χ2v) is 6.39. The third-order valence-corrected chi connectivity index (χ3v) is 4.27. The Balaban J connectivity index is 1.59. The Morgan fingerprint density at radius 1 is 1.27 bits per heavy atom. The molecule has 22 heavy (non-hydrogen) atoms. The molecule has 8 heteroatoms. The summed E-state index contributed by atoms with van der Waals surface area (Å²) >= 11 is 7.33. The number of hydrogen-bond donors (Lipinski definition) is 0. The number of rotatable bonds is 4. The van der Waals surface area contributed by atoms with E-state index in [0.717, 1.165) is 30.0 Å². The monoisotopic (exact) mass is 334 g/mol. The third-order valence-electron chi connectivity index (χ3n) is 3.32. The minimum atomic E-state index is 0.409. The first-order chi connectivity index (χ1) is 10.7. The Hall–Kier alpha value is -1.86. The van der Waals surface area contributed by atoms with E-state index in [1.807, 2.05) is 6.92 Å². The van der Waals surface area contributed by atoms with E-state index in [9.17, 15) is 0 Å². The Kier molecular flexibility index (Phi) is 3.38. The second-order valence-electron chi connectivity index (χ2n) is 5.03. The van der Waals surface area contributed by atoms with Crippen LogP contribution >= 0.6 is 23.4 Å². The molecule has 1 aliphatic rings. The predicted molar refractivity (Wildman–Crippen MR) is 79.9 cm³/mol. The van der Waals surface area contributed by atoms with Crippen molar-refractivity contribution in [3.63, 3.8) is 0 Å². The molecule has 0 aromatic carbocycles. The SMILES string of the molecule is Cc1occc1-c1nnc(Sc2cc(Cl)nc(C3CC3)n2)o1. The molecule has 0 aliphatic heterocycles. The molecule has 3 aromatic rings. The number of hydrogen-bond acceptors (Lipinski definition) is 7. The molecule has 0 unspecified atom stereocenters. The van der Waals surface area contributed by atoms with Crippen LogP contribution in [-0.4, -0.2) is 20.2 Å². The molecule has 0 radical (unpaired) electrons. The highest BCUT2D eigenvalue weighted by Gasteiger charge is 2.27. The zero-order chi connectivity index (χ0) is 15.1. The topological polar surface area (TPSA) is 77.8 Å². The summed E-state index contributed by atoms with van der Waals surface area (Å²) in [6.45, 7) is 1.85. The largest absolute Gasteiger partial charge is 0.469 e. The molecule has 0 amide bonds. The van der Waals surface area contributed by atoms with E-state index in [4.69, 9.17) is 20.4 Å². The number of halogens is 1. The minimum absolute atomic E-state index is 0.409. The predicted octanol–water partition coefficient (Wildman–Crippen LogP) is 4.11. The molecular weight excluding hydrogens is 324 g/mol. The highest BCUT2D eigenvalue weighted by atomic mass is 35.5. The van der Waals surface area contributed by atoms with Crippen LogP contribution in [0.1, 0.15) is 30.3 Å². The minimum Gasteiger partial charge on any atom is -0.469 e. The average Bonchev–Trinajstić information content (AvgIpc) is 3.10. The molecule has 4 rings (SSSR count). The van der Waals surface area contributed by atoms with Crippen LogP contribution in [0, 0.1) is 6.92 Å². The number of aryl methyl sites for hydroxylation is 1. The van der Waals surface area contributed by atoms with E-state index >= 15 is 0 Å². The fourth-order valence-corrected chi connectivity index (χ4v) is 2.99. The van der Waals surface area contributed by atoms with Crippen molar-refractivity contribution >= 4 is 23.4 Å². The molecule has 1 fully saturated rings. The summed E-state index contributed by atoms with van der Waals surface area (Å²) in [4.78, 5) is 8.76. The normalized spacial score (nSPS) is 14.5. The van der Waals surface area contributed by atoms with E-state index in [2.05, 4.69) is 20.2 Å². The molecule has 0 N–H and O–H groups in total. The van der Waals surface area contributed by atoms with Crippen LogP contribution in [0.15, 0.2) is 37.5 Å². The van der Waals surface area contributed by atoms with Crippen molar-refractivity contribution < 1.29 is 8.83 Å². The fourth-order valence-electron chi connectivity index (χ4n) is 2.05. The Bertz CT molecular complexity index is 828. The van der Waals surface area contributed by atoms with Crippen molar-refractivity contribution in [3.8, 4) is 11.5 Å². The summed E-state index contributed by atoms with van der Waals surface area (Å²) < 4.78 is 10.9.